The maximum Gasteiger partial charge on any atom is 0.136 e. The lowest BCUT2D eigenvalue weighted by Crippen LogP contribution is -2.58. The molecular formula is C55H47NO. The lowest BCUT2D eigenvalue weighted by molar-refractivity contribution is -0.0443. The van der Waals surface area contributed by atoms with E-state index in [1.165, 1.54) is 65.6 Å². The molecule has 0 N–H and O–H groups in total. The third-order valence-corrected chi connectivity index (χ3v) is 14.9. The fourth-order valence-electron chi connectivity index (χ4n) is 12.6. The Morgan fingerprint density at radius 1 is 0.421 bits per heavy atom. The quantitative estimate of drug-likeness (QED) is 0.175. The molecule has 0 radical (unpaired) electrons. The molecule has 4 fully saturated rings. The molecule has 57 heavy (non-hydrogen) atoms. The van der Waals surface area contributed by atoms with Gasteiger partial charge in [0.2, 0.25) is 0 Å². The minimum atomic E-state index is -0.121. The van der Waals surface area contributed by atoms with Crippen LogP contribution in [0.4, 0.5) is 17.1 Å². The summed E-state index contributed by atoms with van der Waals surface area (Å²) in [6.07, 6.45) is 7.02. The number of benzene rings is 7. The van der Waals surface area contributed by atoms with Crippen LogP contribution in [0.15, 0.2) is 168 Å². The van der Waals surface area contributed by atoms with Crippen molar-refractivity contribution >= 4 is 39.0 Å². The van der Waals surface area contributed by atoms with E-state index in [1.807, 2.05) is 12.1 Å². The zero-order chi connectivity index (χ0) is 37.9. The second kappa shape index (κ2) is 12.3. The third-order valence-electron chi connectivity index (χ3n) is 14.9. The van der Waals surface area contributed by atoms with Crippen LogP contribution < -0.4 is 4.90 Å². The molecule has 0 atom stereocenters. The Morgan fingerprint density at radius 3 is 1.65 bits per heavy atom. The number of rotatable bonds is 5. The van der Waals surface area contributed by atoms with Gasteiger partial charge in [-0.1, -0.05) is 123 Å². The van der Waals surface area contributed by atoms with Crippen molar-refractivity contribution < 1.29 is 4.42 Å². The molecule has 2 heteroatoms. The molecule has 7 aromatic carbocycles. The highest BCUT2D eigenvalue weighted by Crippen LogP contribution is 2.68. The highest BCUT2D eigenvalue weighted by Gasteiger charge is 2.62. The summed E-state index contributed by atoms with van der Waals surface area (Å²) < 4.78 is 6.28. The van der Waals surface area contributed by atoms with Crippen molar-refractivity contribution in [1.82, 2.24) is 0 Å². The molecule has 5 aliphatic carbocycles. The third kappa shape index (κ3) is 4.89. The van der Waals surface area contributed by atoms with E-state index in [0.717, 1.165) is 62.5 Å². The Hall–Kier alpha value is -5.86. The van der Waals surface area contributed by atoms with E-state index < -0.39 is 0 Å². The summed E-state index contributed by atoms with van der Waals surface area (Å²) in [5.74, 6) is 3.29. The van der Waals surface area contributed by atoms with Gasteiger partial charge in [-0.2, -0.15) is 0 Å². The lowest BCUT2D eigenvalue weighted by atomic mass is 9.39. The maximum absolute atomic E-state index is 6.28. The topological polar surface area (TPSA) is 16.4 Å². The Balaban J connectivity index is 0.996. The molecule has 0 unspecified atom stereocenters. The van der Waals surface area contributed by atoms with Gasteiger partial charge in [-0.15, -0.1) is 0 Å². The Bertz CT molecular complexity index is 2800. The number of para-hydroxylation sites is 1. The molecule has 0 amide bonds. The molecule has 2 nitrogen and oxygen atoms in total. The summed E-state index contributed by atoms with van der Waals surface area (Å²) in [4.78, 5) is 2.47. The van der Waals surface area contributed by atoms with Gasteiger partial charge in [-0.3, -0.25) is 0 Å². The van der Waals surface area contributed by atoms with Crippen LogP contribution in [-0.2, 0) is 10.8 Å². The van der Waals surface area contributed by atoms with Gasteiger partial charge in [0.25, 0.3) is 0 Å². The van der Waals surface area contributed by atoms with E-state index in [4.69, 9.17) is 4.42 Å². The van der Waals surface area contributed by atoms with Gasteiger partial charge in [0.05, 0.1) is 0 Å². The molecule has 1 heterocycles. The van der Waals surface area contributed by atoms with Crippen LogP contribution in [-0.4, -0.2) is 0 Å². The average molecular weight is 738 g/mol. The first-order valence-corrected chi connectivity index (χ1v) is 21.2. The van der Waals surface area contributed by atoms with Crippen molar-refractivity contribution in [2.75, 3.05) is 4.90 Å². The molecule has 0 aliphatic heterocycles. The van der Waals surface area contributed by atoms with Crippen LogP contribution >= 0.6 is 0 Å². The molecule has 1 spiro atoms. The Labute approximate surface area is 335 Å². The van der Waals surface area contributed by atoms with Crippen LogP contribution in [0.5, 0.6) is 0 Å². The fraction of sp³-hybridized carbons (Fsp3) is 0.236. The van der Waals surface area contributed by atoms with Crippen LogP contribution in [0.3, 0.4) is 0 Å². The minimum Gasteiger partial charge on any atom is -0.456 e. The van der Waals surface area contributed by atoms with Gasteiger partial charge >= 0.3 is 0 Å². The Morgan fingerprint density at radius 2 is 0.947 bits per heavy atom. The predicted molar refractivity (Wildman–Crippen MR) is 236 cm³/mol. The van der Waals surface area contributed by atoms with Crippen LogP contribution in [0.1, 0.15) is 68.2 Å². The van der Waals surface area contributed by atoms with Gasteiger partial charge in [0.1, 0.15) is 11.2 Å². The standard InChI is InChI=1S/C55H47NO/c1-54(2)48-13-7-8-14-49(48)55(41-29-35-28-36(31-41)32-42(55)30-35)50-27-25-45(34-51(50)54)56(43-21-16-38(17-22-43)37-10-4-3-5-11-37)44-23-18-39(19-24-44)40-20-26-47-46-12-6-9-15-52(46)57-53(47)33-40/h3-27,33-36,41-42H,28-32H2,1-2H3. The molecule has 13 rings (SSSR count). The highest BCUT2D eigenvalue weighted by atomic mass is 16.3. The zero-order valence-electron chi connectivity index (χ0n) is 32.8. The number of anilines is 3. The number of nitrogens with zero attached hydrogens (tertiary/aromatic N) is 1. The molecule has 1 aromatic heterocycles. The summed E-state index contributed by atoms with van der Waals surface area (Å²) in [5.41, 5.74) is 16.4. The van der Waals surface area contributed by atoms with Gasteiger partial charge in [0.15, 0.2) is 0 Å². The summed E-state index contributed by atoms with van der Waals surface area (Å²) in [7, 11) is 0. The van der Waals surface area contributed by atoms with E-state index in [-0.39, 0.29) is 10.8 Å². The molecule has 278 valence electrons. The molecule has 5 aliphatic rings. The van der Waals surface area contributed by atoms with Gasteiger partial charge in [-0.25, -0.2) is 0 Å². The smallest absolute Gasteiger partial charge is 0.136 e. The number of hydrogen-bond acceptors (Lipinski definition) is 2. The monoisotopic (exact) mass is 737 g/mol. The van der Waals surface area contributed by atoms with E-state index in [1.54, 1.807) is 11.1 Å². The first kappa shape index (κ1) is 33.3. The first-order valence-electron chi connectivity index (χ1n) is 21.2. The van der Waals surface area contributed by atoms with Crippen molar-refractivity contribution in [2.24, 2.45) is 23.7 Å². The van der Waals surface area contributed by atoms with Crippen LogP contribution in [0.2, 0.25) is 0 Å². The normalized spacial score (nSPS) is 23.8. The van der Waals surface area contributed by atoms with Crippen molar-refractivity contribution in [3.8, 4) is 22.3 Å². The molecule has 4 bridgehead atoms. The summed E-state index contributed by atoms with van der Waals surface area (Å²) in [5, 5.41) is 2.32. The molecule has 4 saturated carbocycles. The Kier molecular flexibility index (Phi) is 7.20. The van der Waals surface area contributed by atoms with Crippen LogP contribution in [0.25, 0.3) is 44.2 Å². The number of hydrogen-bond donors (Lipinski definition) is 0. The summed E-state index contributed by atoms with van der Waals surface area (Å²) in [6.45, 7) is 4.95. The van der Waals surface area contributed by atoms with E-state index in [9.17, 15) is 0 Å². The molecule has 8 aromatic rings. The van der Waals surface area contributed by atoms with Gasteiger partial charge in [-0.05, 0) is 155 Å². The average Bonchev–Trinajstić information content (AvgIpc) is 3.63. The van der Waals surface area contributed by atoms with Crippen molar-refractivity contribution in [2.45, 2.75) is 56.8 Å². The lowest BCUT2D eigenvalue weighted by Gasteiger charge is -2.64. The molecule has 0 saturated heterocycles. The fourth-order valence-corrected chi connectivity index (χ4v) is 12.6. The summed E-state index contributed by atoms with van der Waals surface area (Å²) >= 11 is 0. The molecular weight excluding hydrogens is 691 g/mol. The second-order valence-electron chi connectivity index (χ2n) is 18.2. The number of fused-ring (bicyclic) bond motifs is 5. The second-order valence-corrected chi connectivity index (χ2v) is 18.2. The SMILES string of the molecule is CC1(C)c2ccccc2C2(c3ccc(N(c4ccc(-c5ccccc5)cc4)c4ccc(-c5ccc6c(c5)oc5ccccc56)cc4)cc31)C1CC3CC(C1)CC2C3. The van der Waals surface area contributed by atoms with E-state index in [0.29, 0.717) is 0 Å². The van der Waals surface area contributed by atoms with E-state index in [2.05, 4.69) is 170 Å². The summed E-state index contributed by atoms with van der Waals surface area (Å²) in [6, 6.07) is 61.1. The first-order chi connectivity index (χ1) is 27.9. The zero-order valence-corrected chi connectivity index (χ0v) is 32.8. The maximum atomic E-state index is 6.28. The van der Waals surface area contributed by atoms with Crippen molar-refractivity contribution in [3.63, 3.8) is 0 Å². The number of furan rings is 1. The predicted octanol–water partition coefficient (Wildman–Crippen LogP) is 14.8. The highest BCUT2D eigenvalue weighted by molar-refractivity contribution is 6.05. The van der Waals surface area contributed by atoms with Crippen molar-refractivity contribution in [1.29, 1.82) is 0 Å². The largest absolute Gasteiger partial charge is 0.456 e. The van der Waals surface area contributed by atoms with Crippen LogP contribution in [0, 0.1) is 23.7 Å². The van der Waals surface area contributed by atoms with Crippen molar-refractivity contribution in [3.05, 3.63) is 186 Å². The van der Waals surface area contributed by atoms with Gasteiger partial charge < -0.3 is 9.32 Å². The van der Waals surface area contributed by atoms with E-state index >= 15 is 0 Å². The van der Waals surface area contributed by atoms with Gasteiger partial charge in [0, 0.05) is 38.7 Å². The minimum absolute atomic E-state index is 0.109.